The molecule has 0 radical (unpaired) electrons. The predicted octanol–water partition coefficient (Wildman–Crippen LogP) is 3.78. The van der Waals surface area contributed by atoms with Gasteiger partial charge in [0, 0.05) is 18.6 Å². The van der Waals surface area contributed by atoms with Gasteiger partial charge in [0.25, 0.3) is 10.0 Å². The summed E-state index contributed by atoms with van der Waals surface area (Å²) in [5, 5.41) is 0. The monoisotopic (exact) mass is 383 g/mol. The van der Waals surface area contributed by atoms with Crippen LogP contribution in [0, 0.1) is 20.8 Å². The van der Waals surface area contributed by atoms with Crippen molar-refractivity contribution in [2.75, 3.05) is 4.72 Å². The van der Waals surface area contributed by atoms with Crippen molar-refractivity contribution in [3.8, 4) is 5.75 Å². The van der Waals surface area contributed by atoms with Gasteiger partial charge in [-0.1, -0.05) is 6.07 Å². The molecule has 0 aliphatic carbocycles. The minimum Gasteiger partial charge on any atom is -0.485 e. The summed E-state index contributed by atoms with van der Waals surface area (Å²) in [5.41, 5.74) is 4.18. The fourth-order valence-corrected chi connectivity index (χ4v) is 3.46. The zero-order valence-electron chi connectivity index (χ0n) is 15.4. The number of rotatable bonds is 6. The molecule has 1 N–H and O–H groups in total. The zero-order valence-corrected chi connectivity index (χ0v) is 16.2. The smallest absolute Gasteiger partial charge is 0.263 e. The first-order valence-electron chi connectivity index (χ1n) is 8.43. The van der Waals surface area contributed by atoms with Gasteiger partial charge in [0.05, 0.1) is 11.4 Å². The summed E-state index contributed by atoms with van der Waals surface area (Å²) >= 11 is 0. The van der Waals surface area contributed by atoms with Crippen molar-refractivity contribution in [1.82, 2.24) is 9.97 Å². The molecule has 3 aromatic rings. The number of benzene rings is 1. The first-order chi connectivity index (χ1) is 12.8. The number of pyridine rings is 2. The summed E-state index contributed by atoms with van der Waals surface area (Å²) in [6.45, 7) is 6.07. The first-order valence-corrected chi connectivity index (χ1v) is 9.92. The number of hydrogen-bond donors (Lipinski definition) is 1. The summed E-state index contributed by atoms with van der Waals surface area (Å²) in [7, 11) is -3.76. The van der Waals surface area contributed by atoms with Crippen LogP contribution in [0.2, 0.25) is 0 Å². The number of nitrogens with one attached hydrogen (secondary N) is 1. The third kappa shape index (κ3) is 4.62. The number of nitrogens with zero attached hydrogens (tertiary/aromatic N) is 2. The second-order valence-electron chi connectivity index (χ2n) is 6.34. The molecular weight excluding hydrogens is 362 g/mol. The molecule has 0 bridgehead atoms. The van der Waals surface area contributed by atoms with Crippen molar-refractivity contribution in [1.29, 1.82) is 0 Å². The van der Waals surface area contributed by atoms with E-state index in [1.807, 2.05) is 39.0 Å². The molecule has 2 heterocycles. The molecule has 0 unspecified atom stereocenters. The largest absolute Gasteiger partial charge is 0.485 e. The molecule has 0 aliphatic rings. The second-order valence-corrected chi connectivity index (χ2v) is 8.02. The van der Waals surface area contributed by atoms with Gasteiger partial charge in [-0.2, -0.15) is 0 Å². The highest BCUT2D eigenvalue weighted by molar-refractivity contribution is 7.92. The predicted molar refractivity (Wildman–Crippen MR) is 104 cm³/mol. The minimum atomic E-state index is -3.76. The maximum absolute atomic E-state index is 12.6. The fourth-order valence-electron chi connectivity index (χ4n) is 2.43. The highest BCUT2D eigenvalue weighted by atomic mass is 32.2. The lowest BCUT2D eigenvalue weighted by molar-refractivity contribution is 0.302. The third-order valence-corrected chi connectivity index (χ3v) is 5.48. The number of anilines is 1. The highest BCUT2D eigenvalue weighted by Crippen LogP contribution is 2.31. The lowest BCUT2D eigenvalue weighted by Crippen LogP contribution is -2.14. The van der Waals surface area contributed by atoms with Gasteiger partial charge >= 0.3 is 0 Å². The van der Waals surface area contributed by atoms with Crippen molar-refractivity contribution in [3.05, 3.63) is 77.4 Å². The molecular formula is C20H21N3O3S. The second kappa shape index (κ2) is 7.75. The molecule has 140 valence electrons. The van der Waals surface area contributed by atoms with Crippen LogP contribution in [0.4, 0.5) is 5.69 Å². The Morgan fingerprint density at radius 1 is 1.04 bits per heavy atom. The highest BCUT2D eigenvalue weighted by Gasteiger charge is 2.18. The molecule has 0 amide bonds. The Morgan fingerprint density at radius 2 is 1.81 bits per heavy atom. The van der Waals surface area contributed by atoms with Crippen LogP contribution in [0.3, 0.4) is 0 Å². The third-order valence-electron chi connectivity index (χ3n) is 4.13. The van der Waals surface area contributed by atoms with Gasteiger partial charge in [-0.15, -0.1) is 0 Å². The van der Waals surface area contributed by atoms with Gasteiger partial charge in [-0.3, -0.25) is 14.7 Å². The molecule has 3 rings (SSSR count). The van der Waals surface area contributed by atoms with Crippen molar-refractivity contribution in [3.63, 3.8) is 0 Å². The quantitative estimate of drug-likeness (QED) is 0.700. The Bertz CT molecular complexity index is 1030. The fraction of sp³-hybridized carbons (Fsp3) is 0.200. The minimum absolute atomic E-state index is 0.0920. The van der Waals surface area contributed by atoms with E-state index in [1.54, 1.807) is 18.3 Å². The molecule has 0 fully saturated rings. The van der Waals surface area contributed by atoms with Crippen LogP contribution < -0.4 is 9.46 Å². The average molecular weight is 383 g/mol. The van der Waals surface area contributed by atoms with Crippen molar-refractivity contribution < 1.29 is 13.2 Å². The average Bonchev–Trinajstić information content (AvgIpc) is 2.65. The summed E-state index contributed by atoms with van der Waals surface area (Å²) in [6, 6.07) is 10.5. The number of aromatic nitrogens is 2. The van der Waals surface area contributed by atoms with Crippen LogP contribution in [-0.4, -0.2) is 18.4 Å². The van der Waals surface area contributed by atoms with Gasteiger partial charge in [-0.25, -0.2) is 8.42 Å². The van der Waals surface area contributed by atoms with E-state index in [9.17, 15) is 8.42 Å². The number of sulfonamides is 1. The first kappa shape index (κ1) is 18.8. The van der Waals surface area contributed by atoms with Crippen LogP contribution in [0.25, 0.3) is 0 Å². The number of ether oxygens (including phenoxy) is 1. The summed E-state index contributed by atoms with van der Waals surface area (Å²) in [4.78, 5) is 8.28. The standard InChI is InChI=1S/C20H21N3O3S/c1-14-6-7-17(22-11-14)13-26-20-10-16(3)15(2)9-19(20)23-27(24,25)18-5-4-8-21-12-18/h4-12,23H,13H2,1-3H3. The maximum Gasteiger partial charge on any atom is 0.263 e. The van der Waals surface area contributed by atoms with Gasteiger partial charge in [0.15, 0.2) is 0 Å². The van der Waals surface area contributed by atoms with Crippen molar-refractivity contribution >= 4 is 15.7 Å². The van der Waals surface area contributed by atoms with Crippen LogP contribution in [0.1, 0.15) is 22.4 Å². The molecule has 6 nitrogen and oxygen atoms in total. The Kier molecular flexibility index (Phi) is 5.41. The van der Waals surface area contributed by atoms with E-state index >= 15 is 0 Å². The van der Waals surface area contributed by atoms with Crippen molar-refractivity contribution in [2.24, 2.45) is 0 Å². The molecule has 0 atom stereocenters. The van der Waals surface area contributed by atoms with E-state index in [0.717, 1.165) is 22.4 Å². The van der Waals surface area contributed by atoms with Crippen molar-refractivity contribution in [2.45, 2.75) is 32.3 Å². The molecule has 0 spiro atoms. The molecule has 0 aliphatic heterocycles. The van der Waals surface area contributed by atoms with Gasteiger partial charge in [0.1, 0.15) is 17.3 Å². The van der Waals surface area contributed by atoms with Gasteiger partial charge in [-0.05, 0) is 67.8 Å². The zero-order chi connectivity index (χ0) is 19.4. The van der Waals surface area contributed by atoms with E-state index in [-0.39, 0.29) is 11.5 Å². The SMILES string of the molecule is Cc1ccc(COc2cc(C)c(C)cc2NS(=O)(=O)c2cccnc2)nc1. The van der Waals surface area contributed by atoms with Gasteiger partial charge in [0.2, 0.25) is 0 Å². The molecule has 0 saturated heterocycles. The molecule has 27 heavy (non-hydrogen) atoms. The summed E-state index contributed by atoms with van der Waals surface area (Å²) in [6.07, 6.45) is 4.60. The molecule has 0 saturated carbocycles. The Hall–Kier alpha value is -2.93. The molecule has 2 aromatic heterocycles. The van der Waals surface area contributed by atoms with E-state index in [1.165, 1.54) is 18.5 Å². The number of hydrogen-bond acceptors (Lipinski definition) is 5. The normalized spacial score (nSPS) is 11.2. The summed E-state index contributed by atoms with van der Waals surface area (Å²) in [5.74, 6) is 0.452. The van der Waals surface area contributed by atoms with Gasteiger partial charge < -0.3 is 4.74 Å². The van der Waals surface area contributed by atoms with Crippen LogP contribution in [-0.2, 0) is 16.6 Å². The molecule has 1 aromatic carbocycles. The lowest BCUT2D eigenvalue weighted by Gasteiger charge is -2.16. The number of aryl methyl sites for hydroxylation is 3. The van der Waals surface area contributed by atoms with E-state index in [0.29, 0.717) is 11.4 Å². The van der Waals surface area contributed by atoms with Crippen LogP contribution in [0.15, 0.2) is 59.9 Å². The molecule has 7 heteroatoms. The van der Waals surface area contributed by atoms with E-state index in [4.69, 9.17) is 4.74 Å². The van der Waals surface area contributed by atoms with Crippen LogP contribution in [0.5, 0.6) is 5.75 Å². The van der Waals surface area contributed by atoms with E-state index in [2.05, 4.69) is 14.7 Å². The maximum atomic E-state index is 12.6. The van der Waals surface area contributed by atoms with E-state index < -0.39 is 10.0 Å². The summed E-state index contributed by atoms with van der Waals surface area (Å²) < 4.78 is 33.8. The Morgan fingerprint density at radius 3 is 2.48 bits per heavy atom. The Balaban J connectivity index is 1.88. The lowest BCUT2D eigenvalue weighted by atomic mass is 10.1. The van der Waals surface area contributed by atoms with Crippen LogP contribution >= 0.6 is 0 Å². The topological polar surface area (TPSA) is 81.2 Å². The Labute approximate surface area is 159 Å².